The van der Waals surface area contributed by atoms with Gasteiger partial charge in [0, 0.05) is 18.7 Å². The number of methoxy groups -OCH3 is 3. The van der Waals surface area contributed by atoms with Gasteiger partial charge in [0.1, 0.15) is 0 Å². The predicted molar refractivity (Wildman–Crippen MR) is 98.5 cm³/mol. The molecule has 1 aromatic rings. The summed E-state index contributed by atoms with van der Waals surface area (Å²) in [6.07, 6.45) is 9.10. The summed E-state index contributed by atoms with van der Waals surface area (Å²) in [7, 11) is 5.06. The van der Waals surface area contributed by atoms with Crippen molar-refractivity contribution < 1.29 is 14.2 Å². The lowest BCUT2D eigenvalue weighted by atomic mass is 9.97. The molecule has 0 amide bonds. The summed E-state index contributed by atoms with van der Waals surface area (Å²) in [4.78, 5) is 2.54. The van der Waals surface area contributed by atoms with Gasteiger partial charge in [-0.2, -0.15) is 0 Å². The number of fused-ring (bicyclic) bond motifs is 1. The van der Waals surface area contributed by atoms with Crippen molar-refractivity contribution in [2.24, 2.45) is 0 Å². The zero-order valence-electron chi connectivity index (χ0n) is 15.8. The third-order valence-electron chi connectivity index (χ3n) is 4.93. The van der Waals surface area contributed by atoms with Crippen LogP contribution in [0.25, 0.3) is 0 Å². The highest BCUT2D eigenvalue weighted by Crippen LogP contribution is 2.43. The predicted octanol–water partition coefficient (Wildman–Crippen LogP) is 4.43. The summed E-state index contributed by atoms with van der Waals surface area (Å²) in [5, 5.41) is 0. The van der Waals surface area contributed by atoms with E-state index in [1.54, 1.807) is 21.3 Å². The van der Waals surface area contributed by atoms with Crippen LogP contribution >= 0.6 is 0 Å². The number of hydrogen-bond acceptors (Lipinski definition) is 4. The Morgan fingerprint density at radius 1 is 0.917 bits per heavy atom. The van der Waals surface area contributed by atoms with Crippen LogP contribution in [0.3, 0.4) is 0 Å². The van der Waals surface area contributed by atoms with E-state index in [0.717, 1.165) is 31.0 Å². The molecule has 1 aromatic carbocycles. The Labute approximate surface area is 147 Å². The van der Waals surface area contributed by atoms with Gasteiger partial charge in [-0.3, -0.25) is 4.90 Å². The molecule has 24 heavy (non-hydrogen) atoms. The van der Waals surface area contributed by atoms with Crippen LogP contribution in [0.4, 0.5) is 0 Å². The second kappa shape index (κ2) is 9.77. The Morgan fingerprint density at radius 3 is 2.29 bits per heavy atom. The maximum atomic E-state index is 5.66. The third-order valence-corrected chi connectivity index (χ3v) is 4.93. The van der Waals surface area contributed by atoms with Gasteiger partial charge in [0.2, 0.25) is 5.75 Å². The van der Waals surface area contributed by atoms with Crippen LogP contribution in [0.5, 0.6) is 17.2 Å². The highest BCUT2D eigenvalue weighted by Gasteiger charge is 2.25. The lowest BCUT2D eigenvalue weighted by molar-refractivity contribution is 0.239. The van der Waals surface area contributed by atoms with Crippen LogP contribution in [-0.4, -0.2) is 39.3 Å². The average Bonchev–Trinajstić information content (AvgIpc) is 2.62. The Hall–Kier alpha value is -1.42. The minimum Gasteiger partial charge on any atom is -0.493 e. The molecule has 0 radical (unpaired) electrons. The molecule has 1 heterocycles. The summed E-state index contributed by atoms with van der Waals surface area (Å²) in [6, 6.07) is 2.11. The molecular weight excluding hydrogens is 302 g/mol. The number of nitrogens with zero attached hydrogens (tertiary/aromatic N) is 1. The van der Waals surface area contributed by atoms with E-state index in [1.807, 2.05) is 0 Å². The Kier molecular flexibility index (Phi) is 7.70. The normalized spacial score (nSPS) is 14.3. The molecule has 4 nitrogen and oxygen atoms in total. The molecule has 0 unspecified atom stereocenters. The molecule has 0 bridgehead atoms. The van der Waals surface area contributed by atoms with Crippen molar-refractivity contribution in [2.45, 2.75) is 58.4 Å². The molecule has 0 saturated carbocycles. The first-order chi connectivity index (χ1) is 11.7. The lowest BCUT2D eigenvalue weighted by Crippen LogP contribution is -2.31. The summed E-state index contributed by atoms with van der Waals surface area (Å²) >= 11 is 0. The highest BCUT2D eigenvalue weighted by atomic mass is 16.5. The Balaban J connectivity index is 1.99. The second-order valence-electron chi connectivity index (χ2n) is 6.58. The molecule has 1 aliphatic rings. The number of unbranched alkanes of at least 4 members (excludes halogenated alkanes) is 5. The summed E-state index contributed by atoms with van der Waals surface area (Å²) in [5.74, 6) is 2.30. The fourth-order valence-electron chi connectivity index (χ4n) is 3.55. The van der Waals surface area contributed by atoms with E-state index in [4.69, 9.17) is 14.2 Å². The smallest absolute Gasteiger partial charge is 0.203 e. The lowest BCUT2D eigenvalue weighted by Gasteiger charge is -2.31. The number of benzene rings is 1. The minimum atomic E-state index is 0.708. The molecule has 0 aliphatic carbocycles. The van der Waals surface area contributed by atoms with Gasteiger partial charge in [0.05, 0.1) is 21.3 Å². The maximum Gasteiger partial charge on any atom is 0.203 e. The molecule has 0 atom stereocenters. The van der Waals surface area contributed by atoms with Gasteiger partial charge < -0.3 is 14.2 Å². The van der Waals surface area contributed by atoms with E-state index in [2.05, 4.69) is 17.9 Å². The Morgan fingerprint density at radius 2 is 1.62 bits per heavy atom. The fourth-order valence-corrected chi connectivity index (χ4v) is 3.55. The highest BCUT2D eigenvalue weighted by molar-refractivity contribution is 5.59. The quantitative estimate of drug-likeness (QED) is 0.592. The van der Waals surface area contributed by atoms with Gasteiger partial charge in [-0.05, 0) is 31.0 Å². The first-order valence-corrected chi connectivity index (χ1v) is 9.28. The van der Waals surface area contributed by atoms with Gasteiger partial charge in [-0.15, -0.1) is 0 Å². The third kappa shape index (κ3) is 4.56. The van der Waals surface area contributed by atoms with E-state index < -0.39 is 0 Å². The van der Waals surface area contributed by atoms with E-state index in [9.17, 15) is 0 Å². The fraction of sp³-hybridized carbons (Fsp3) is 0.700. The largest absolute Gasteiger partial charge is 0.493 e. The van der Waals surface area contributed by atoms with Crippen molar-refractivity contribution >= 4 is 0 Å². The topological polar surface area (TPSA) is 30.9 Å². The monoisotopic (exact) mass is 335 g/mol. The van der Waals surface area contributed by atoms with Gasteiger partial charge in [0.25, 0.3) is 0 Å². The average molecular weight is 335 g/mol. The maximum absolute atomic E-state index is 5.66. The van der Waals surface area contributed by atoms with Gasteiger partial charge in [-0.25, -0.2) is 0 Å². The van der Waals surface area contributed by atoms with Crippen molar-refractivity contribution in [3.8, 4) is 17.2 Å². The molecule has 0 spiro atoms. The summed E-state index contributed by atoms with van der Waals surface area (Å²) in [5.41, 5.74) is 2.58. The summed E-state index contributed by atoms with van der Waals surface area (Å²) in [6.45, 7) is 5.49. The molecule has 1 aliphatic heterocycles. The van der Waals surface area contributed by atoms with Crippen molar-refractivity contribution in [1.82, 2.24) is 4.90 Å². The molecule has 136 valence electrons. The standard InChI is InChI=1S/C20H33NO3/c1-5-6-7-8-9-10-12-21-13-11-16-14-18(22-2)20(24-4)19(23-3)17(16)15-21/h14H,5-13,15H2,1-4H3. The van der Waals surface area contributed by atoms with E-state index in [1.165, 1.54) is 56.2 Å². The summed E-state index contributed by atoms with van der Waals surface area (Å²) < 4.78 is 16.7. The van der Waals surface area contributed by atoms with Crippen LogP contribution in [0.15, 0.2) is 6.07 Å². The molecule has 2 rings (SSSR count). The first kappa shape index (κ1) is 18.9. The molecule has 0 saturated heterocycles. The first-order valence-electron chi connectivity index (χ1n) is 9.28. The minimum absolute atomic E-state index is 0.708. The molecule has 4 heteroatoms. The number of hydrogen-bond donors (Lipinski definition) is 0. The van der Waals surface area contributed by atoms with Crippen molar-refractivity contribution in [3.63, 3.8) is 0 Å². The van der Waals surface area contributed by atoms with Crippen molar-refractivity contribution in [2.75, 3.05) is 34.4 Å². The molecule has 0 aromatic heterocycles. The van der Waals surface area contributed by atoms with Gasteiger partial charge >= 0.3 is 0 Å². The number of ether oxygens (including phenoxy) is 3. The second-order valence-corrected chi connectivity index (χ2v) is 6.58. The van der Waals surface area contributed by atoms with Crippen LogP contribution in [-0.2, 0) is 13.0 Å². The number of rotatable bonds is 10. The Bertz CT molecular complexity index is 516. The van der Waals surface area contributed by atoms with Gasteiger partial charge in [0.15, 0.2) is 11.5 Å². The molecular formula is C20H33NO3. The zero-order valence-corrected chi connectivity index (χ0v) is 15.8. The van der Waals surface area contributed by atoms with Crippen LogP contribution < -0.4 is 14.2 Å². The van der Waals surface area contributed by atoms with E-state index >= 15 is 0 Å². The molecule has 0 N–H and O–H groups in total. The van der Waals surface area contributed by atoms with Crippen LogP contribution in [0.2, 0.25) is 0 Å². The van der Waals surface area contributed by atoms with Crippen molar-refractivity contribution in [3.05, 3.63) is 17.2 Å². The van der Waals surface area contributed by atoms with E-state index in [0.29, 0.717) is 5.75 Å². The van der Waals surface area contributed by atoms with Crippen LogP contribution in [0.1, 0.15) is 56.6 Å². The molecule has 0 fully saturated rings. The zero-order chi connectivity index (χ0) is 17.4. The van der Waals surface area contributed by atoms with Gasteiger partial charge in [-0.1, -0.05) is 39.0 Å². The van der Waals surface area contributed by atoms with Crippen molar-refractivity contribution in [1.29, 1.82) is 0 Å². The SMILES string of the molecule is CCCCCCCCN1CCc2cc(OC)c(OC)c(OC)c2C1. The van der Waals surface area contributed by atoms with Crippen LogP contribution in [0, 0.1) is 0 Å². The van der Waals surface area contributed by atoms with E-state index in [-0.39, 0.29) is 0 Å².